The van der Waals surface area contributed by atoms with Crippen molar-refractivity contribution in [2.24, 2.45) is 7.05 Å². The van der Waals surface area contributed by atoms with Crippen LogP contribution in [0.15, 0.2) is 28.0 Å². The fraction of sp³-hybridized carbons (Fsp3) is 0.300. The molecule has 0 aliphatic carbocycles. The lowest BCUT2D eigenvalue weighted by Crippen LogP contribution is -2.18. The van der Waals surface area contributed by atoms with Crippen molar-refractivity contribution in [1.82, 2.24) is 19.7 Å². The summed E-state index contributed by atoms with van der Waals surface area (Å²) < 4.78 is 29.1. The fourth-order valence-corrected chi connectivity index (χ4v) is 3.17. The molecule has 0 aliphatic heterocycles. The molecule has 20 heavy (non-hydrogen) atoms. The second-order valence-electron chi connectivity index (χ2n) is 3.84. The second-order valence-corrected chi connectivity index (χ2v) is 6.41. The van der Waals surface area contributed by atoms with Gasteiger partial charge < -0.3 is 5.32 Å². The highest BCUT2D eigenvalue weighted by Gasteiger charge is 2.22. The number of aromatic nitrogens is 4. The Balaban J connectivity index is 2.43. The molecule has 8 nitrogen and oxygen atoms in total. The highest BCUT2D eigenvalue weighted by Crippen LogP contribution is 2.24. The topological polar surface area (TPSA) is 102 Å². The molecule has 0 atom stereocenters. The SMILES string of the molecule is CCNc1ncc(Br)cc1S(=O)(=O)Nc1ncnn1C. The summed E-state index contributed by atoms with van der Waals surface area (Å²) in [6.45, 7) is 2.41. The second kappa shape index (κ2) is 5.75. The predicted molar refractivity (Wildman–Crippen MR) is 77.9 cm³/mol. The van der Waals surface area contributed by atoms with E-state index >= 15 is 0 Å². The van der Waals surface area contributed by atoms with Crippen molar-refractivity contribution in [2.75, 3.05) is 16.6 Å². The van der Waals surface area contributed by atoms with Crippen LogP contribution in [0.4, 0.5) is 11.8 Å². The van der Waals surface area contributed by atoms with Gasteiger partial charge in [0.15, 0.2) is 0 Å². The molecule has 108 valence electrons. The first-order valence-corrected chi connectivity index (χ1v) is 7.98. The molecule has 2 rings (SSSR count). The van der Waals surface area contributed by atoms with Crippen LogP contribution in [0.1, 0.15) is 6.92 Å². The van der Waals surface area contributed by atoms with Crippen LogP contribution in [0.5, 0.6) is 0 Å². The third-order valence-electron chi connectivity index (χ3n) is 2.39. The van der Waals surface area contributed by atoms with Crippen molar-refractivity contribution in [3.63, 3.8) is 0 Å². The monoisotopic (exact) mass is 360 g/mol. The van der Waals surface area contributed by atoms with Crippen molar-refractivity contribution < 1.29 is 8.42 Å². The smallest absolute Gasteiger partial charge is 0.267 e. The average molecular weight is 361 g/mol. The van der Waals surface area contributed by atoms with E-state index in [0.29, 0.717) is 11.0 Å². The van der Waals surface area contributed by atoms with Gasteiger partial charge in [-0.3, -0.25) is 0 Å². The molecule has 0 saturated carbocycles. The number of hydrogen-bond acceptors (Lipinski definition) is 6. The minimum atomic E-state index is -3.81. The normalized spacial score (nSPS) is 11.3. The van der Waals surface area contributed by atoms with Crippen molar-refractivity contribution in [2.45, 2.75) is 11.8 Å². The van der Waals surface area contributed by atoms with Crippen LogP contribution in [-0.2, 0) is 17.1 Å². The Bertz CT molecular complexity index is 714. The number of aryl methyl sites for hydroxylation is 1. The van der Waals surface area contributed by atoms with E-state index in [0.717, 1.165) is 0 Å². The molecule has 0 aliphatic rings. The number of pyridine rings is 1. The van der Waals surface area contributed by atoms with E-state index in [-0.39, 0.29) is 16.7 Å². The molecule has 0 saturated heterocycles. The maximum Gasteiger partial charge on any atom is 0.267 e. The van der Waals surface area contributed by atoms with E-state index in [1.165, 1.54) is 23.3 Å². The zero-order chi connectivity index (χ0) is 14.8. The summed E-state index contributed by atoms with van der Waals surface area (Å²) in [6.07, 6.45) is 2.79. The highest BCUT2D eigenvalue weighted by molar-refractivity contribution is 9.10. The summed E-state index contributed by atoms with van der Waals surface area (Å²) in [7, 11) is -2.22. The molecule has 2 aromatic rings. The molecule has 0 radical (unpaired) electrons. The van der Waals surface area contributed by atoms with Gasteiger partial charge >= 0.3 is 0 Å². The van der Waals surface area contributed by atoms with Crippen molar-refractivity contribution in [1.29, 1.82) is 0 Å². The Morgan fingerprint density at radius 2 is 2.15 bits per heavy atom. The average Bonchev–Trinajstić information content (AvgIpc) is 2.77. The lowest BCUT2D eigenvalue weighted by atomic mass is 10.4. The minimum absolute atomic E-state index is 0.0386. The number of nitrogens with one attached hydrogen (secondary N) is 2. The molecular weight excluding hydrogens is 348 g/mol. The zero-order valence-electron chi connectivity index (χ0n) is 10.8. The fourth-order valence-electron chi connectivity index (χ4n) is 1.49. The molecule has 0 fully saturated rings. The molecule has 2 N–H and O–H groups in total. The third kappa shape index (κ3) is 3.07. The van der Waals surface area contributed by atoms with Gasteiger partial charge in [0.25, 0.3) is 10.0 Å². The highest BCUT2D eigenvalue weighted by atomic mass is 79.9. The van der Waals surface area contributed by atoms with E-state index in [4.69, 9.17) is 0 Å². The van der Waals surface area contributed by atoms with Crippen molar-refractivity contribution in [3.8, 4) is 0 Å². The summed E-state index contributed by atoms with van der Waals surface area (Å²) in [5.74, 6) is 0.415. The van der Waals surface area contributed by atoms with E-state index in [1.807, 2.05) is 6.92 Å². The van der Waals surface area contributed by atoms with E-state index in [2.05, 4.69) is 41.0 Å². The molecule has 0 aromatic carbocycles. The van der Waals surface area contributed by atoms with Gasteiger partial charge in [0, 0.05) is 24.3 Å². The molecule has 2 heterocycles. The van der Waals surface area contributed by atoms with Gasteiger partial charge in [-0.25, -0.2) is 22.8 Å². The summed E-state index contributed by atoms with van der Waals surface area (Å²) in [4.78, 5) is 7.94. The lowest BCUT2D eigenvalue weighted by Gasteiger charge is -2.11. The molecule has 0 bridgehead atoms. The number of rotatable bonds is 5. The first-order valence-electron chi connectivity index (χ1n) is 5.70. The number of nitrogens with zero attached hydrogens (tertiary/aromatic N) is 4. The van der Waals surface area contributed by atoms with Crippen LogP contribution in [-0.4, -0.2) is 34.7 Å². The summed E-state index contributed by atoms with van der Waals surface area (Å²) in [5, 5.41) is 6.72. The van der Waals surface area contributed by atoms with Crippen LogP contribution in [0.2, 0.25) is 0 Å². The Hall–Kier alpha value is -1.68. The van der Waals surface area contributed by atoms with E-state index in [1.54, 1.807) is 7.05 Å². The summed E-state index contributed by atoms with van der Waals surface area (Å²) in [6, 6.07) is 1.48. The van der Waals surface area contributed by atoms with Crippen molar-refractivity contribution >= 4 is 37.7 Å². The van der Waals surface area contributed by atoms with Crippen LogP contribution in [0, 0.1) is 0 Å². The van der Waals surface area contributed by atoms with Gasteiger partial charge in [0.05, 0.1) is 0 Å². The molecule has 0 amide bonds. The maximum absolute atomic E-state index is 12.4. The first-order chi connectivity index (χ1) is 9.44. The lowest BCUT2D eigenvalue weighted by molar-refractivity contribution is 0.600. The van der Waals surface area contributed by atoms with Gasteiger partial charge in [-0.1, -0.05) is 0 Å². The number of anilines is 2. The van der Waals surface area contributed by atoms with E-state index < -0.39 is 10.0 Å². The number of halogens is 1. The number of sulfonamides is 1. The maximum atomic E-state index is 12.4. The summed E-state index contributed by atoms with van der Waals surface area (Å²) in [5.41, 5.74) is 0. The molecule has 0 spiro atoms. The van der Waals surface area contributed by atoms with Crippen molar-refractivity contribution in [3.05, 3.63) is 23.1 Å². The standard InChI is InChI=1S/C10H13BrN6O2S/c1-3-12-9-8(4-7(11)5-13-9)20(18,19)16-10-14-6-15-17(10)2/h4-6H,3H2,1-2H3,(H,12,13)(H,14,15,16). The Kier molecular flexibility index (Phi) is 4.23. The predicted octanol–water partition coefficient (Wildman–Crippen LogP) is 1.21. The number of hydrogen-bond donors (Lipinski definition) is 2. The van der Waals surface area contributed by atoms with E-state index in [9.17, 15) is 8.42 Å². The quantitative estimate of drug-likeness (QED) is 0.830. The molecule has 0 unspecified atom stereocenters. The first kappa shape index (κ1) is 14.7. The van der Waals surface area contributed by atoms with Crippen LogP contribution < -0.4 is 10.0 Å². The van der Waals surface area contributed by atoms with Crippen LogP contribution in [0.25, 0.3) is 0 Å². The van der Waals surface area contributed by atoms with Gasteiger partial charge in [0.2, 0.25) is 5.95 Å². The summed E-state index contributed by atoms with van der Waals surface area (Å²) >= 11 is 3.22. The Morgan fingerprint density at radius 3 is 2.75 bits per heavy atom. The van der Waals surface area contributed by atoms with Gasteiger partial charge in [-0.15, -0.1) is 0 Å². The largest absolute Gasteiger partial charge is 0.369 e. The molecular formula is C10H13BrN6O2S. The molecule has 10 heteroatoms. The van der Waals surface area contributed by atoms with Crippen LogP contribution >= 0.6 is 15.9 Å². The zero-order valence-corrected chi connectivity index (χ0v) is 13.2. The van der Waals surface area contributed by atoms with Gasteiger partial charge in [0.1, 0.15) is 17.0 Å². The van der Waals surface area contributed by atoms with Gasteiger partial charge in [-0.2, -0.15) is 10.1 Å². The third-order valence-corrected chi connectivity index (χ3v) is 4.17. The molecule has 2 aromatic heterocycles. The minimum Gasteiger partial charge on any atom is -0.369 e. The van der Waals surface area contributed by atoms with Gasteiger partial charge in [-0.05, 0) is 28.9 Å². The van der Waals surface area contributed by atoms with Crippen LogP contribution in [0.3, 0.4) is 0 Å². The Labute approximate surface area is 124 Å². The Morgan fingerprint density at radius 1 is 1.40 bits per heavy atom.